The van der Waals surface area contributed by atoms with Gasteiger partial charge in [-0.1, -0.05) is 24.3 Å². The lowest BCUT2D eigenvalue weighted by Gasteiger charge is -2.12. The van der Waals surface area contributed by atoms with Crippen LogP contribution < -0.4 is 10.6 Å². The lowest BCUT2D eigenvalue weighted by Crippen LogP contribution is -2.36. The van der Waals surface area contributed by atoms with Crippen LogP contribution in [0.2, 0.25) is 0 Å². The monoisotopic (exact) mass is 479 g/mol. The Kier molecular flexibility index (Phi) is 8.70. The molecule has 0 heterocycles. The van der Waals surface area contributed by atoms with Gasteiger partial charge in [0.05, 0.1) is 12.1 Å². The van der Waals surface area contributed by atoms with E-state index in [0.29, 0.717) is 25.6 Å². The van der Waals surface area contributed by atoms with E-state index in [1.807, 2.05) is 13.0 Å². The number of nitrogens with one attached hydrogen (secondary N) is 2. The van der Waals surface area contributed by atoms with Gasteiger partial charge in [0, 0.05) is 13.1 Å². The van der Waals surface area contributed by atoms with Gasteiger partial charge in [0.1, 0.15) is 5.75 Å². The SMILES string of the molecule is CCNC(=NCc1cccc(O)c1)NCc1ccc(C(F)(F)F)cc1.I. The highest BCUT2D eigenvalue weighted by Crippen LogP contribution is 2.29. The summed E-state index contributed by atoms with van der Waals surface area (Å²) in [6.45, 7) is 3.29. The maximum absolute atomic E-state index is 12.6. The highest BCUT2D eigenvalue weighted by Gasteiger charge is 2.29. The van der Waals surface area contributed by atoms with Crippen molar-refractivity contribution in [3.05, 3.63) is 65.2 Å². The van der Waals surface area contributed by atoms with Crippen molar-refractivity contribution in [1.82, 2.24) is 10.6 Å². The van der Waals surface area contributed by atoms with E-state index in [0.717, 1.165) is 23.3 Å². The highest BCUT2D eigenvalue weighted by molar-refractivity contribution is 14.0. The second-order valence-electron chi connectivity index (χ2n) is 5.41. The fourth-order valence-corrected chi connectivity index (χ4v) is 2.16. The molecule has 0 atom stereocenters. The van der Waals surface area contributed by atoms with Crippen molar-refractivity contribution in [3.63, 3.8) is 0 Å². The molecule has 142 valence electrons. The van der Waals surface area contributed by atoms with Crippen molar-refractivity contribution in [3.8, 4) is 5.75 Å². The first-order valence-corrected chi connectivity index (χ1v) is 7.84. The van der Waals surface area contributed by atoms with Crippen LogP contribution in [0.15, 0.2) is 53.5 Å². The first-order valence-electron chi connectivity index (χ1n) is 7.84. The van der Waals surface area contributed by atoms with Gasteiger partial charge in [-0.05, 0) is 42.3 Å². The van der Waals surface area contributed by atoms with Gasteiger partial charge in [0.15, 0.2) is 5.96 Å². The van der Waals surface area contributed by atoms with Gasteiger partial charge < -0.3 is 15.7 Å². The number of phenolic OH excluding ortho intramolecular Hbond substituents is 1. The average Bonchev–Trinajstić information content (AvgIpc) is 2.57. The zero-order valence-electron chi connectivity index (χ0n) is 14.2. The van der Waals surface area contributed by atoms with Crippen LogP contribution in [0.4, 0.5) is 13.2 Å². The van der Waals surface area contributed by atoms with Gasteiger partial charge in [-0.2, -0.15) is 13.2 Å². The summed E-state index contributed by atoms with van der Waals surface area (Å²) in [5, 5.41) is 15.6. The molecule has 0 unspecified atom stereocenters. The maximum Gasteiger partial charge on any atom is 0.416 e. The Hall–Kier alpha value is -1.97. The first-order chi connectivity index (χ1) is 11.9. The van der Waals surface area contributed by atoms with Crippen molar-refractivity contribution in [2.24, 2.45) is 4.99 Å². The molecule has 2 aromatic carbocycles. The van der Waals surface area contributed by atoms with Crippen LogP contribution in [0.25, 0.3) is 0 Å². The number of rotatable bonds is 5. The summed E-state index contributed by atoms with van der Waals surface area (Å²) < 4.78 is 37.7. The summed E-state index contributed by atoms with van der Waals surface area (Å²) in [6, 6.07) is 11.8. The molecule has 0 aromatic heterocycles. The molecule has 0 saturated carbocycles. The zero-order chi connectivity index (χ0) is 18.3. The zero-order valence-corrected chi connectivity index (χ0v) is 16.5. The Morgan fingerprint density at radius 2 is 1.73 bits per heavy atom. The summed E-state index contributed by atoms with van der Waals surface area (Å²) in [6.07, 6.45) is -4.33. The van der Waals surface area contributed by atoms with E-state index in [2.05, 4.69) is 15.6 Å². The third-order valence-corrected chi connectivity index (χ3v) is 3.42. The Morgan fingerprint density at radius 1 is 1.04 bits per heavy atom. The molecule has 0 spiro atoms. The Labute approximate surface area is 167 Å². The number of aromatic hydroxyl groups is 1. The molecule has 2 aromatic rings. The molecular formula is C18H21F3IN3O. The largest absolute Gasteiger partial charge is 0.508 e. The molecule has 8 heteroatoms. The van der Waals surface area contributed by atoms with E-state index in [-0.39, 0.29) is 29.7 Å². The third-order valence-electron chi connectivity index (χ3n) is 3.42. The number of hydrogen-bond donors (Lipinski definition) is 3. The number of aliphatic imine (C=N–C) groups is 1. The van der Waals surface area contributed by atoms with Gasteiger partial charge in [0.25, 0.3) is 0 Å². The fourth-order valence-electron chi connectivity index (χ4n) is 2.16. The molecule has 26 heavy (non-hydrogen) atoms. The summed E-state index contributed by atoms with van der Waals surface area (Å²) in [7, 11) is 0. The van der Waals surface area contributed by atoms with Gasteiger partial charge in [-0.3, -0.25) is 0 Å². The molecule has 0 aliphatic rings. The maximum atomic E-state index is 12.6. The topological polar surface area (TPSA) is 56.7 Å². The van der Waals surface area contributed by atoms with Gasteiger partial charge in [-0.25, -0.2) is 4.99 Å². The van der Waals surface area contributed by atoms with Crippen LogP contribution in [-0.2, 0) is 19.3 Å². The quantitative estimate of drug-likeness (QED) is 0.341. The Bertz CT molecular complexity index is 718. The summed E-state index contributed by atoms with van der Waals surface area (Å²) in [5.74, 6) is 0.723. The first kappa shape index (κ1) is 22.1. The van der Waals surface area contributed by atoms with Gasteiger partial charge in [0.2, 0.25) is 0 Å². The molecule has 3 N–H and O–H groups in total. The Balaban J connectivity index is 0.00000338. The molecular weight excluding hydrogens is 458 g/mol. The number of benzene rings is 2. The minimum atomic E-state index is -4.33. The van der Waals surface area contributed by atoms with Crippen molar-refractivity contribution in [2.75, 3.05) is 6.54 Å². The standard InChI is InChI=1S/C18H20F3N3O.HI/c1-2-22-17(24-12-14-4-3-5-16(25)10-14)23-11-13-6-8-15(9-7-13)18(19,20)21;/h3-10,25H,2,11-12H2,1H3,(H2,22,23,24);1H. The van der Waals surface area contributed by atoms with Crippen LogP contribution in [0.3, 0.4) is 0 Å². The number of hydrogen-bond acceptors (Lipinski definition) is 2. The predicted octanol–water partition coefficient (Wildman–Crippen LogP) is 4.28. The average molecular weight is 479 g/mol. The van der Waals surface area contributed by atoms with Gasteiger partial charge in [-0.15, -0.1) is 24.0 Å². The third kappa shape index (κ3) is 7.11. The van der Waals surface area contributed by atoms with E-state index < -0.39 is 11.7 Å². The highest BCUT2D eigenvalue weighted by atomic mass is 127. The predicted molar refractivity (Wildman–Crippen MR) is 107 cm³/mol. The van der Waals surface area contributed by atoms with E-state index in [9.17, 15) is 18.3 Å². The summed E-state index contributed by atoms with van der Waals surface area (Å²) in [4.78, 5) is 4.40. The number of nitrogens with zero attached hydrogens (tertiary/aromatic N) is 1. The van der Waals surface area contributed by atoms with Gasteiger partial charge >= 0.3 is 6.18 Å². The summed E-state index contributed by atoms with van der Waals surface area (Å²) in [5.41, 5.74) is 0.906. The molecule has 0 aliphatic heterocycles. The normalized spacial score (nSPS) is 11.6. The van der Waals surface area contributed by atoms with Crippen LogP contribution in [0, 0.1) is 0 Å². The van der Waals surface area contributed by atoms with Crippen molar-refractivity contribution in [2.45, 2.75) is 26.2 Å². The van der Waals surface area contributed by atoms with E-state index in [1.165, 1.54) is 12.1 Å². The molecule has 0 saturated heterocycles. The van der Waals surface area contributed by atoms with Crippen LogP contribution in [-0.4, -0.2) is 17.6 Å². The van der Waals surface area contributed by atoms with Crippen molar-refractivity contribution < 1.29 is 18.3 Å². The smallest absolute Gasteiger partial charge is 0.416 e. The Morgan fingerprint density at radius 3 is 2.31 bits per heavy atom. The number of guanidine groups is 1. The second-order valence-corrected chi connectivity index (χ2v) is 5.41. The van der Waals surface area contributed by atoms with Crippen LogP contribution in [0.5, 0.6) is 5.75 Å². The van der Waals surface area contributed by atoms with Crippen molar-refractivity contribution in [1.29, 1.82) is 0 Å². The molecule has 0 fully saturated rings. The lowest BCUT2D eigenvalue weighted by molar-refractivity contribution is -0.137. The van der Waals surface area contributed by atoms with E-state index >= 15 is 0 Å². The number of phenols is 1. The number of halogens is 4. The molecule has 0 radical (unpaired) electrons. The minimum absolute atomic E-state index is 0. The van der Waals surface area contributed by atoms with E-state index in [1.54, 1.807) is 18.2 Å². The summed E-state index contributed by atoms with van der Waals surface area (Å²) >= 11 is 0. The number of alkyl halides is 3. The van der Waals surface area contributed by atoms with Crippen molar-refractivity contribution >= 4 is 29.9 Å². The second kappa shape index (κ2) is 10.2. The fraction of sp³-hybridized carbons (Fsp3) is 0.278. The molecule has 2 rings (SSSR count). The lowest BCUT2D eigenvalue weighted by atomic mass is 10.1. The molecule has 0 amide bonds. The van der Waals surface area contributed by atoms with Crippen LogP contribution in [0.1, 0.15) is 23.6 Å². The van der Waals surface area contributed by atoms with Crippen LogP contribution >= 0.6 is 24.0 Å². The molecule has 0 bridgehead atoms. The molecule has 0 aliphatic carbocycles. The molecule has 4 nitrogen and oxygen atoms in total. The minimum Gasteiger partial charge on any atom is -0.508 e. The van der Waals surface area contributed by atoms with E-state index in [4.69, 9.17) is 0 Å².